The van der Waals surface area contributed by atoms with Gasteiger partial charge in [-0.25, -0.2) is 0 Å². The first-order chi connectivity index (χ1) is 9.10. The van der Waals surface area contributed by atoms with E-state index in [1.807, 2.05) is 25.1 Å². The summed E-state index contributed by atoms with van der Waals surface area (Å²) < 4.78 is 10.6. The van der Waals surface area contributed by atoms with Crippen LogP contribution in [0.2, 0.25) is 0 Å². The Morgan fingerprint density at radius 2 is 2.05 bits per heavy atom. The topological polar surface area (TPSA) is 41.9 Å². The molecule has 19 heavy (non-hydrogen) atoms. The van der Waals surface area contributed by atoms with E-state index >= 15 is 0 Å². The van der Waals surface area contributed by atoms with Crippen molar-refractivity contribution in [2.45, 2.75) is 13.5 Å². The Hall–Kier alpha value is -1.52. The highest BCUT2D eigenvalue weighted by atomic mass is 16.5. The number of aliphatic hydroxyl groups is 1. The molecular formula is C15H23NO3. The molecule has 0 saturated heterocycles. The molecule has 4 heteroatoms. The van der Waals surface area contributed by atoms with Crippen LogP contribution in [-0.4, -0.2) is 43.9 Å². The van der Waals surface area contributed by atoms with E-state index in [2.05, 4.69) is 11.5 Å². The number of hydrogen-bond acceptors (Lipinski definition) is 4. The molecule has 0 atom stereocenters. The van der Waals surface area contributed by atoms with Gasteiger partial charge in [0.1, 0.15) is 11.5 Å². The normalized spacial score (nSPS) is 10.6. The van der Waals surface area contributed by atoms with Gasteiger partial charge in [0.25, 0.3) is 0 Å². The molecule has 0 radical (unpaired) electrons. The summed E-state index contributed by atoms with van der Waals surface area (Å²) in [5.41, 5.74) is 2.10. The van der Waals surface area contributed by atoms with Crippen molar-refractivity contribution in [3.05, 3.63) is 35.9 Å². The molecule has 0 aliphatic carbocycles. The molecule has 0 fully saturated rings. The highest BCUT2D eigenvalue weighted by molar-refractivity contribution is 5.40. The van der Waals surface area contributed by atoms with Crippen molar-refractivity contribution in [3.8, 4) is 11.5 Å². The number of methoxy groups -OCH3 is 2. The van der Waals surface area contributed by atoms with E-state index in [0.29, 0.717) is 13.1 Å². The van der Waals surface area contributed by atoms with Crippen molar-refractivity contribution in [2.24, 2.45) is 0 Å². The van der Waals surface area contributed by atoms with Gasteiger partial charge in [0, 0.05) is 25.2 Å². The molecule has 0 spiro atoms. The standard InChI is InChI=1S/C15H23NO3/c1-12(2)10-16(7-8-17)11-13-9-14(18-3)5-6-15(13)19-4/h5-6,9,17H,1,7-8,10-11H2,2-4H3. The fourth-order valence-corrected chi connectivity index (χ4v) is 1.98. The second-order valence-corrected chi connectivity index (χ2v) is 4.57. The zero-order chi connectivity index (χ0) is 14.3. The number of aliphatic hydroxyl groups excluding tert-OH is 1. The lowest BCUT2D eigenvalue weighted by Crippen LogP contribution is -2.28. The van der Waals surface area contributed by atoms with Crippen molar-refractivity contribution in [1.82, 2.24) is 4.90 Å². The average Bonchev–Trinajstić information content (AvgIpc) is 2.38. The van der Waals surface area contributed by atoms with Gasteiger partial charge in [0.05, 0.1) is 20.8 Å². The van der Waals surface area contributed by atoms with Crippen LogP contribution < -0.4 is 9.47 Å². The summed E-state index contributed by atoms with van der Waals surface area (Å²) in [6.07, 6.45) is 0. The summed E-state index contributed by atoms with van der Waals surface area (Å²) in [4.78, 5) is 2.12. The first-order valence-corrected chi connectivity index (χ1v) is 6.29. The molecule has 1 aromatic rings. The van der Waals surface area contributed by atoms with Crippen LogP contribution in [0.4, 0.5) is 0 Å². The molecule has 0 aliphatic heterocycles. The van der Waals surface area contributed by atoms with Crippen LogP contribution in [0, 0.1) is 0 Å². The number of benzene rings is 1. The van der Waals surface area contributed by atoms with E-state index < -0.39 is 0 Å². The van der Waals surface area contributed by atoms with Crippen LogP contribution in [0.5, 0.6) is 11.5 Å². The fraction of sp³-hybridized carbons (Fsp3) is 0.467. The van der Waals surface area contributed by atoms with E-state index in [4.69, 9.17) is 14.6 Å². The van der Waals surface area contributed by atoms with Gasteiger partial charge >= 0.3 is 0 Å². The Kier molecular flexibility index (Phi) is 6.39. The molecule has 1 rings (SSSR count). The van der Waals surface area contributed by atoms with E-state index in [-0.39, 0.29) is 6.61 Å². The molecule has 1 N–H and O–H groups in total. The molecule has 0 amide bonds. The third kappa shape index (κ3) is 4.93. The van der Waals surface area contributed by atoms with Crippen LogP contribution in [0.15, 0.2) is 30.4 Å². The summed E-state index contributed by atoms with van der Waals surface area (Å²) in [7, 11) is 3.30. The quantitative estimate of drug-likeness (QED) is 0.731. The number of hydrogen-bond donors (Lipinski definition) is 1. The second kappa shape index (κ2) is 7.81. The third-order valence-electron chi connectivity index (χ3n) is 2.79. The maximum absolute atomic E-state index is 9.13. The van der Waals surface area contributed by atoms with Crippen LogP contribution in [0.25, 0.3) is 0 Å². The lowest BCUT2D eigenvalue weighted by Gasteiger charge is -2.22. The SMILES string of the molecule is C=C(C)CN(CCO)Cc1cc(OC)ccc1OC. The Labute approximate surface area is 115 Å². The maximum atomic E-state index is 9.13. The first-order valence-electron chi connectivity index (χ1n) is 6.29. The summed E-state index contributed by atoms with van der Waals surface area (Å²) in [5.74, 6) is 1.63. The van der Waals surface area contributed by atoms with Gasteiger partial charge in [0.2, 0.25) is 0 Å². The highest BCUT2D eigenvalue weighted by Gasteiger charge is 2.11. The number of rotatable bonds is 8. The lowest BCUT2D eigenvalue weighted by atomic mass is 10.1. The van der Waals surface area contributed by atoms with E-state index in [1.54, 1.807) is 14.2 Å². The number of ether oxygens (including phenoxy) is 2. The third-order valence-corrected chi connectivity index (χ3v) is 2.79. The van der Waals surface area contributed by atoms with E-state index in [9.17, 15) is 0 Å². The average molecular weight is 265 g/mol. The summed E-state index contributed by atoms with van der Waals surface area (Å²) in [6, 6.07) is 5.73. The van der Waals surface area contributed by atoms with Gasteiger partial charge in [-0.1, -0.05) is 12.2 Å². The molecule has 0 unspecified atom stereocenters. The molecule has 4 nitrogen and oxygen atoms in total. The maximum Gasteiger partial charge on any atom is 0.123 e. The van der Waals surface area contributed by atoms with Gasteiger partial charge < -0.3 is 14.6 Å². The van der Waals surface area contributed by atoms with Gasteiger partial charge in [0.15, 0.2) is 0 Å². The summed E-state index contributed by atoms with van der Waals surface area (Å²) >= 11 is 0. The van der Waals surface area contributed by atoms with Crippen molar-refractivity contribution < 1.29 is 14.6 Å². The molecular weight excluding hydrogens is 242 g/mol. The molecule has 0 heterocycles. The second-order valence-electron chi connectivity index (χ2n) is 4.57. The molecule has 0 bridgehead atoms. The minimum Gasteiger partial charge on any atom is -0.497 e. The summed E-state index contributed by atoms with van der Waals surface area (Å²) in [6.45, 7) is 8.06. The Balaban J connectivity index is 2.89. The van der Waals surface area contributed by atoms with Gasteiger partial charge in [-0.3, -0.25) is 4.90 Å². The van der Waals surface area contributed by atoms with Gasteiger partial charge in [-0.15, -0.1) is 0 Å². The largest absolute Gasteiger partial charge is 0.497 e. The van der Waals surface area contributed by atoms with Crippen LogP contribution in [0.3, 0.4) is 0 Å². The van der Waals surface area contributed by atoms with Crippen molar-refractivity contribution >= 4 is 0 Å². The van der Waals surface area contributed by atoms with Gasteiger partial charge in [-0.05, 0) is 25.1 Å². The van der Waals surface area contributed by atoms with E-state index in [0.717, 1.165) is 29.2 Å². The Morgan fingerprint density at radius 3 is 2.58 bits per heavy atom. The van der Waals surface area contributed by atoms with Crippen LogP contribution >= 0.6 is 0 Å². The van der Waals surface area contributed by atoms with Crippen molar-refractivity contribution in [1.29, 1.82) is 0 Å². The monoisotopic (exact) mass is 265 g/mol. The van der Waals surface area contributed by atoms with Crippen molar-refractivity contribution in [3.63, 3.8) is 0 Å². The first kappa shape index (κ1) is 15.5. The summed E-state index contributed by atoms with van der Waals surface area (Å²) in [5, 5.41) is 9.13. The molecule has 1 aromatic carbocycles. The van der Waals surface area contributed by atoms with Crippen LogP contribution in [-0.2, 0) is 6.54 Å². The molecule has 0 aliphatic rings. The zero-order valence-electron chi connectivity index (χ0n) is 12.0. The predicted octanol–water partition coefficient (Wildman–Crippen LogP) is 2.07. The fourth-order valence-electron chi connectivity index (χ4n) is 1.98. The van der Waals surface area contributed by atoms with Gasteiger partial charge in [-0.2, -0.15) is 0 Å². The lowest BCUT2D eigenvalue weighted by molar-refractivity contribution is 0.199. The molecule has 0 aromatic heterocycles. The predicted molar refractivity (Wildman–Crippen MR) is 76.7 cm³/mol. The minimum absolute atomic E-state index is 0.125. The Bertz CT molecular complexity index is 418. The van der Waals surface area contributed by atoms with Crippen LogP contribution in [0.1, 0.15) is 12.5 Å². The zero-order valence-corrected chi connectivity index (χ0v) is 12.0. The highest BCUT2D eigenvalue weighted by Crippen LogP contribution is 2.25. The smallest absolute Gasteiger partial charge is 0.123 e. The van der Waals surface area contributed by atoms with Crippen molar-refractivity contribution in [2.75, 3.05) is 33.9 Å². The molecule has 106 valence electrons. The van der Waals surface area contributed by atoms with E-state index in [1.165, 1.54) is 0 Å². The Morgan fingerprint density at radius 1 is 1.32 bits per heavy atom. The molecule has 0 saturated carbocycles. The number of nitrogens with zero attached hydrogens (tertiary/aromatic N) is 1. The minimum atomic E-state index is 0.125.